The third-order valence-electron chi connectivity index (χ3n) is 4.88. The Hall–Kier alpha value is -1.80. The first-order valence-corrected chi connectivity index (χ1v) is 11.1. The van der Waals surface area contributed by atoms with Gasteiger partial charge in [-0.3, -0.25) is 9.88 Å². The molecule has 0 amide bonds. The van der Waals surface area contributed by atoms with E-state index in [-0.39, 0.29) is 0 Å². The van der Waals surface area contributed by atoms with Gasteiger partial charge in [-0.25, -0.2) is 8.42 Å². The molecule has 4 rings (SSSR count). The van der Waals surface area contributed by atoms with E-state index in [1.54, 1.807) is 22.5 Å². The topological polar surface area (TPSA) is 53.5 Å². The van der Waals surface area contributed by atoms with Gasteiger partial charge in [0.1, 0.15) is 0 Å². The Bertz CT molecular complexity index is 1060. The second-order valence-corrected chi connectivity index (χ2v) is 9.48. The van der Waals surface area contributed by atoms with Crippen LogP contribution in [0, 0.1) is 0 Å². The molecule has 1 fully saturated rings. The van der Waals surface area contributed by atoms with Gasteiger partial charge in [0.25, 0.3) is 0 Å². The van der Waals surface area contributed by atoms with Crippen molar-refractivity contribution in [2.45, 2.75) is 11.4 Å². The molecule has 1 aliphatic rings. The highest BCUT2D eigenvalue weighted by atomic mass is 79.9. The Morgan fingerprint density at radius 2 is 1.70 bits per heavy atom. The number of pyridine rings is 1. The summed E-state index contributed by atoms with van der Waals surface area (Å²) in [5.41, 5.74) is 2.19. The molecule has 5 nitrogen and oxygen atoms in total. The number of nitrogens with zero attached hydrogens (tertiary/aromatic N) is 3. The average molecular weight is 446 g/mol. The van der Waals surface area contributed by atoms with Crippen LogP contribution in [-0.4, -0.2) is 48.8 Å². The summed E-state index contributed by atoms with van der Waals surface area (Å²) in [4.78, 5) is 7.14. The van der Waals surface area contributed by atoms with Crippen molar-refractivity contribution in [2.24, 2.45) is 0 Å². The van der Waals surface area contributed by atoms with Crippen molar-refractivity contribution in [1.29, 1.82) is 0 Å². The number of hydrogen-bond acceptors (Lipinski definition) is 4. The predicted molar refractivity (Wildman–Crippen MR) is 110 cm³/mol. The van der Waals surface area contributed by atoms with Crippen LogP contribution in [0.15, 0.2) is 70.2 Å². The number of hydrogen-bond donors (Lipinski definition) is 0. The molecule has 0 saturated carbocycles. The summed E-state index contributed by atoms with van der Waals surface area (Å²) in [5, 5.41) is 1.13. The fourth-order valence-corrected chi connectivity index (χ4v) is 5.46. The van der Waals surface area contributed by atoms with Crippen molar-refractivity contribution in [3.8, 4) is 0 Å². The van der Waals surface area contributed by atoms with Crippen molar-refractivity contribution in [3.05, 3.63) is 70.8 Å². The third-order valence-corrected chi connectivity index (χ3v) is 7.26. The van der Waals surface area contributed by atoms with Gasteiger partial charge in [0.15, 0.2) is 0 Å². The van der Waals surface area contributed by atoms with Crippen LogP contribution >= 0.6 is 15.9 Å². The van der Waals surface area contributed by atoms with Crippen molar-refractivity contribution in [3.63, 3.8) is 0 Å². The van der Waals surface area contributed by atoms with Gasteiger partial charge in [-0.1, -0.05) is 46.3 Å². The summed E-state index contributed by atoms with van der Waals surface area (Å²) >= 11 is 3.35. The minimum atomic E-state index is -3.45. The van der Waals surface area contributed by atoms with E-state index >= 15 is 0 Å². The lowest BCUT2D eigenvalue weighted by molar-refractivity contribution is 0.182. The minimum absolute atomic E-state index is 0.337. The number of halogens is 1. The van der Waals surface area contributed by atoms with E-state index in [4.69, 9.17) is 0 Å². The second-order valence-electron chi connectivity index (χ2n) is 6.63. The molecule has 2 heterocycles. The number of sulfonamides is 1. The van der Waals surface area contributed by atoms with Crippen molar-refractivity contribution in [2.75, 3.05) is 26.2 Å². The molecule has 1 aromatic heterocycles. The van der Waals surface area contributed by atoms with Gasteiger partial charge in [-0.2, -0.15) is 4.31 Å². The molecule has 140 valence electrons. The molecule has 7 heteroatoms. The molecule has 1 aliphatic heterocycles. The van der Waals surface area contributed by atoms with Crippen molar-refractivity contribution >= 4 is 36.9 Å². The van der Waals surface area contributed by atoms with Gasteiger partial charge < -0.3 is 0 Å². The fraction of sp³-hybridized carbons (Fsp3) is 0.250. The molecule has 27 heavy (non-hydrogen) atoms. The standard InChI is InChI=1S/C20H20BrN3O2S/c21-18-7-2-8-19(14-18)27(25,26)24-12-10-23(11-13-24)15-17-5-1-4-16-6-3-9-22-20(16)17/h1-9,14H,10-13,15H2. The Balaban J connectivity index is 1.46. The fourth-order valence-electron chi connectivity index (χ4n) is 3.44. The normalized spacial score (nSPS) is 16.6. The first kappa shape index (κ1) is 18.6. The lowest BCUT2D eigenvalue weighted by Crippen LogP contribution is -2.48. The zero-order valence-corrected chi connectivity index (χ0v) is 17.2. The number of para-hydroxylation sites is 1. The van der Waals surface area contributed by atoms with Crippen LogP contribution < -0.4 is 0 Å². The Kier molecular flexibility index (Phi) is 5.27. The quantitative estimate of drug-likeness (QED) is 0.616. The van der Waals surface area contributed by atoms with Crippen LogP contribution in [0.4, 0.5) is 0 Å². The number of fused-ring (bicyclic) bond motifs is 1. The molecule has 1 saturated heterocycles. The lowest BCUT2D eigenvalue weighted by Gasteiger charge is -2.34. The molecule has 0 unspecified atom stereocenters. The molecule has 0 aliphatic carbocycles. The maximum absolute atomic E-state index is 12.9. The summed E-state index contributed by atoms with van der Waals surface area (Å²) in [6.45, 7) is 3.17. The van der Waals surface area contributed by atoms with E-state index in [9.17, 15) is 8.42 Å². The van der Waals surface area contributed by atoms with Gasteiger partial charge in [0.2, 0.25) is 10.0 Å². The SMILES string of the molecule is O=S(=O)(c1cccc(Br)c1)N1CCN(Cc2cccc3cccnc23)CC1. The Morgan fingerprint density at radius 1 is 0.963 bits per heavy atom. The Morgan fingerprint density at radius 3 is 2.48 bits per heavy atom. The molecule has 0 bridgehead atoms. The summed E-state index contributed by atoms with van der Waals surface area (Å²) in [6, 6.07) is 17.1. The van der Waals surface area contributed by atoms with Crippen LogP contribution in [0.5, 0.6) is 0 Å². The maximum Gasteiger partial charge on any atom is 0.243 e. The second kappa shape index (κ2) is 7.67. The first-order valence-electron chi connectivity index (χ1n) is 8.85. The maximum atomic E-state index is 12.9. The largest absolute Gasteiger partial charge is 0.296 e. The smallest absolute Gasteiger partial charge is 0.243 e. The van der Waals surface area contributed by atoms with E-state index in [1.165, 1.54) is 5.56 Å². The van der Waals surface area contributed by atoms with E-state index in [2.05, 4.69) is 44.0 Å². The highest BCUT2D eigenvalue weighted by molar-refractivity contribution is 9.10. The highest BCUT2D eigenvalue weighted by Gasteiger charge is 2.28. The summed E-state index contributed by atoms with van der Waals surface area (Å²) in [5.74, 6) is 0. The molecule has 2 aromatic carbocycles. The Labute approximate surface area is 167 Å². The van der Waals surface area contributed by atoms with E-state index in [0.29, 0.717) is 31.1 Å². The van der Waals surface area contributed by atoms with Gasteiger partial charge in [0, 0.05) is 48.8 Å². The molecular formula is C20H20BrN3O2S. The van der Waals surface area contributed by atoms with E-state index < -0.39 is 10.0 Å². The van der Waals surface area contributed by atoms with Gasteiger partial charge >= 0.3 is 0 Å². The summed E-state index contributed by atoms with van der Waals surface area (Å²) in [6.07, 6.45) is 1.81. The van der Waals surface area contributed by atoms with Gasteiger partial charge in [-0.15, -0.1) is 0 Å². The van der Waals surface area contributed by atoms with Crippen LogP contribution in [0.25, 0.3) is 10.9 Å². The third kappa shape index (κ3) is 3.91. The zero-order valence-electron chi connectivity index (χ0n) is 14.8. The summed E-state index contributed by atoms with van der Waals surface area (Å²) in [7, 11) is -3.45. The molecule has 0 N–H and O–H groups in total. The number of aromatic nitrogens is 1. The monoisotopic (exact) mass is 445 g/mol. The average Bonchev–Trinajstić information content (AvgIpc) is 2.69. The molecular weight excluding hydrogens is 426 g/mol. The summed E-state index contributed by atoms with van der Waals surface area (Å²) < 4.78 is 28.1. The van der Waals surface area contributed by atoms with E-state index in [1.807, 2.05) is 24.4 Å². The van der Waals surface area contributed by atoms with Crippen molar-refractivity contribution < 1.29 is 8.42 Å². The van der Waals surface area contributed by atoms with E-state index in [0.717, 1.165) is 21.9 Å². The highest BCUT2D eigenvalue weighted by Crippen LogP contribution is 2.23. The number of benzene rings is 2. The minimum Gasteiger partial charge on any atom is -0.296 e. The molecule has 0 atom stereocenters. The van der Waals surface area contributed by atoms with Gasteiger partial charge in [0.05, 0.1) is 10.4 Å². The van der Waals surface area contributed by atoms with Crippen LogP contribution in [0.3, 0.4) is 0 Å². The number of piperazine rings is 1. The van der Waals surface area contributed by atoms with Crippen LogP contribution in [0.1, 0.15) is 5.56 Å². The van der Waals surface area contributed by atoms with Gasteiger partial charge in [-0.05, 0) is 29.8 Å². The molecule has 3 aromatic rings. The van der Waals surface area contributed by atoms with Crippen LogP contribution in [-0.2, 0) is 16.6 Å². The number of rotatable bonds is 4. The zero-order chi connectivity index (χ0) is 18.9. The van der Waals surface area contributed by atoms with Crippen LogP contribution in [0.2, 0.25) is 0 Å². The molecule has 0 spiro atoms. The first-order chi connectivity index (χ1) is 13.0. The van der Waals surface area contributed by atoms with Crippen molar-refractivity contribution in [1.82, 2.24) is 14.2 Å². The molecule has 0 radical (unpaired) electrons. The predicted octanol–water partition coefficient (Wildman–Crippen LogP) is 3.50. The lowest BCUT2D eigenvalue weighted by atomic mass is 10.1.